The van der Waals surface area contributed by atoms with Gasteiger partial charge in [0, 0.05) is 39.8 Å². The fourth-order valence-corrected chi connectivity index (χ4v) is 3.18. The quantitative estimate of drug-likeness (QED) is 0.213. The third-order valence-corrected chi connectivity index (χ3v) is 4.49. The smallest absolute Gasteiger partial charge is 0.340 e. The summed E-state index contributed by atoms with van der Waals surface area (Å²) in [4.78, 5) is 69.5. The molecule has 1 aromatic rings. The molecule has 0 radical (unpaired) electrons. The fourth-order valence-electron chi connectivity index (χ4n) is 3.18. The number of carbonyl (C=O) groups excluding carboxylic acids is 5. The van der Waals surface area contributed by atoms with Crippen LogP contribution in [-0.4, -0.2) is 72.1 Å². The van der Waals surface area contributed by atoms with Gasteiger partial charge in [0.1, 0.15) is 12.7 Å². The van der Waals surface area contributed by atoms with Gasteiger partial charge in [-0.1, -0.05) is 0 Å². The Balaban J connectivity index is 2.42. The van der Waals surface area contributed by atoms with Gasteiger partial charge in [0.15, 0.2) is 12.2 Å². The number of ether oxygens (including phenoxy) is 6. The lowest BCUT2D eigenvalue weighted by molar-refractivity contribution is -0.384. The third kappa shape index (κ3) is 7.74. The molecule has 0 bridgehead atoms. The van der Waals surface area contributed by atoms with Crippen LogP contribution in [0.4, 0.5) is 5.69 Å². The van der Waals surface area contributed by atoms with E-state index < -0.39 is 72.1 Å². The molecule has 1 heterocycles. The Kier molecular flexibility index (Phi) is 9.22. The first-order valence-electron chi connectivity index (χ1n) is 10.1. The molecule has 0 spiro atoms. The molecule has 14 heteroatoms. The molecule has 5 atom stereocenters. The van der Waals surface area contributed by atoms with Crippen molar-refractivity contribution in [2.45, 2.75) is 58.4 Å². The predicted octanol–water partition coefficient (Wildman–Crippen LogP) is 0.835. The molecular weight excluding hydrogens is 474 g/mol. The summed E-state index contributed by atoms with van der Waals surface area (Å²) in [6.07, 6.45) is -7.51. The molecule has 0 unspecified atom stereocenters. The standard InChI is InChI=1S/C21H23NO13/c1-10(23)30-9-16-17(31-11(2)24)18(32-12(3)25)19(33-13(4)26)21(34-16)35-20(27)14-5-7-15(8-6-14)22(28)29/h5-8,16-19,21H,9H2,1-4H3/t16-,17-,18+,19-,21-/m1/s1. The lowest BCUT2D eigenvalue weighted by Gasteiger charge is -2.43. The van der Waals surface area contributed by atoms with E-state index in [1.165, 1.54) is 0 Å². The van der Waals surface area contributed by atoms with Gasteiger partial charge in [0.2, 0.25) is 12.4 Å². The first-order valence-corrected chi connectivity index (χ1v) is 10.1. The molecule has 0 saturated carbocycles. The first kappa shape index (κ1) is 27.2. The van der Waals surface area contributed by atoms with E-state index in [4.69, 9.17) is 28.4 Å². The predicted molar refractivity (Wildman–Crippen MR) is 110 cm³/mol. The number of hydrogen-bond acceptors (Lipinski definition) is 13. The minimum Gasteiger partial charge on any atom is -0.463 e. The number of nitro benzene ring substituents is 1. The van der Waals surface area contributed by atoms with Gasteiger partial charge in [-0.2, -0.15) is 0 Å². The van der Waals surface area contributed by atoms with Crippen LogP contribution in [0.25, 0.3) is 0 Å². The number of nitrogens with zero attached hydrogens (tertiary/aromatic N) is 1. The van der Waals surface area contributed by atoms with Gasteiger partial charge in [-0.3, -0.25) is 29.3 Å². The second-order valence-electron chi connectivity index (χ2n) is 7.28. The summed E-state index contributed by atoms with van der Waals surface area (Å²) in [6.45, 7) is 3.76. The Morgan fingerprint density at radius 2 is 1.31 bits per heavy atom. The zero-order chi connectivity index (χ0) is 26.3. The van der Waals surface area contributed by atoms with Crippen molar-refractivity contribution in [1.82, 2.24) is 0 Å². The van der Waals surface area contributed by atoms with Gasteiger partial charge >= 0.3 is 29.8 Å². The number of rotatable bonds is 8. The molecule has 0 N–H and O–H groups in total. The lowest BCUT2D eigenvalue weighted by Crippen LogP contribution is -2.63. The minimum absolute atomic E-state index is 0.108. The highest BCUT2D eigenvalue weighted by Gasteiger charge is 2.53. The van der Waals surface area contributed by atoms with E-state index in [-0.39, 0.29) is 11.3 Å². The van der Waals surface area contributed by atoms with Crippen LogP contribution in [0.3, 0.4) is 0 Å². The second-order valence-corrected chi connectivity index (χ2v) is 7.28. The molecule has 0 aromatic heterocycles. The first-order chi connectivity index (χ1) is 16.4. The van der Waals surface area contributed by atoms with E-state index in [1.54, 1.807) is 0 Å². The average Bonchev–Trinajstić information content (AvgIpc) is 2.75. The summed E-state index contributed by atoms with van der Waals surface area (Å²) in [5, 5.41) is 10.8. The Bertz CT molecular complexity index is 989. The maximum absolute atomic E-state index is 12.7. The van der Waals surface area contributed by atoms with Gasteiger partial charge in [-0.25, -0.2) is 4.79 Å². The minimum atomic E-state index is -1.71. The Hall–Kier alpha value is -4.07. The SMILES string of the molecule is CC(=O)OC[C@H]1O[C@H](OC(=O)c2ccc([N+](=O)[O-])cc2)[C@H](OC(C)=O)[C@@H](OC(C)=O)[C@@H]1OC(C)=O. The molecule has 1 saturated heterocycles. The van der Waals surface area contributed by atoms with Crippen molar-refractivity contribution >= 4 is 35.5 Å². The van der Waals surface area contributed by atoms with Crippen molar-refractivity contribution < 1.29 is 57.3 Å². The van der Waals surface area contributed by atoms with E-state index in [2.05, 4.69) is 0 Å². The summed E-state index contributed by atoms with van der Waals surface area (Å²) in [5.41, 5.74) is -0.377. The second kappa shape index (κ2) is 11.9. The van der Waals surface area contributed by atoms with Crippen LogP contribution in [0.5, 0.6) is 0 Å². The van der Waals surface area contributed by atoms with Crippen molar-refractivity contribution in [3.05, 3.63) is 39.9 Å². The van der Waals surface area contributed by atoms with Gasteiger partial charge in [-0.05, 0) is 12.1 Å². The zero-order valence-corrected chi connectivity index (χ0v) is 19.2. The number of esters is 5. The third-order valence-electron chi connectivity index (χ3n) is 4.49. The van der Waals surface area contributed by atoms with Crippen LogP contribution in [-0.2, 0) is 47.6 Å². The van der Waals surface area contributed by atoms with E-state index in [0.717, 1.165) is 52.0 Å². The summed E-state index contributed by atoms with van der Waals surface area (Å²) in [6, 6.07) is 4.41. The maximum atomic E-state index is 12.7. The summed E-state index contributed by atoms with van der Waals surface area (Å²) < 4.78 is 31.5. The molecule has 1 fully saturated rings. The monoisotopic (exact) mass is 497 g/mol. The van der Waals surface area contributed by atoms with Crippen molar-refractivity contribution in [3.8, 4) is 0 Å². The van der Waals surface area contributed by atoms with Gasteiger partial charge in [0.05, 0.1) is 10.5 Å². The normalized spacial score (nSPS) is 23.4. The van der Waals surface area contributed by atoms with Crippen LogP contribution in [0.1, 0.15) is 38.1 Å². The topological polar surface area (TPSA) is 184 Å². The molecule has 35 heavy (non-hydrogen) atoms. The highest BCUT2D eigenvalue weighted by atomic mass is 16.7. The number of nitro groups is 1. The number of hydrogen-bond donors (Lipinski definition) is 0. The average molecular weight is 497 g/mol. The summed E-state index contributed by atoms with van der Waals surface area (Å²) in [5.74, 6) is -4.27. The summed E-state index contributed by atoms with van der Waals surface area (Å²) >= 11 is 0. The molecule has 190 valence electrons. The fraction of sp³-hybridized carbons (Fsp3) is 0.476. The van der Waals surface area contributed by atoms with Crippen LogP contribution >= 0.6 is 0 Å². The molecule has 2 rings (SSSR count). The van der Waals surface area contributed by atoms with E-state index in [0.29, 0.717) is 0 Å². The molecular formula is C21H23NO13. The Morgan fingerprint density at radius 3 is 1.80 bits per heavy atom. The highest BCUT2D eigenvalue weighted by Crippen LogP contribution is 2.30. The molecule has 0 aliphatic carbocycles. The van der Waals surface area contributed by atoms with Crippen molar-refractivity contribution in [1.29, 1.82) is 0 Å². The highest BCUT2D eigenvalue weighted by molar-refractivity contribution is 5.89. The van der Waals surface area contributed by atoms with Crippen molar-refractivity contribution in [3.63, 3.8) is 0 Å². The van der Waals surface area contributed by atoms with Crippen molar-refractivity contribution in [2.24, 2.45) is 0 Å². The Labute approximate surface area is 198 Å². The molecule has 1 aromatic carbocycles. The number of benzene rings is 1. The maximum Gasteiger partial charge on any atom is 0.340 e. The molecule has 1 aliphatic rings. The van der Waals surface area contributed by atoms with E-state index >= 15 is 0 Å². The lowest BCUT2D eigenvalue weighted by atomic mass is 9.98. The molecule has 14 nitrogen and oxygen atoms in total. The van der Waals surface area contributed by atoms with E-state index in [1.807, 2.05) is 0 Å². The molecule has 0 amide bonds. The van der Waals surface area contributed by atoms with Crippen LogP contribution in [0.15, 0.2) is 24.3 Å². The van der Waals surface area contributed by atoms with E-state index in [9.17, 15) is 34.1 Å². The number of non-ortho nitro benzene ring substituents is 1. The molecule has 1 aliphatic heterocycles. The van der Waals surface area contributed by atoms with Crippen LogP contribution in [0, 0.1) is 10.1 Å². The van der Waals surface area contributed by atoms with Gasteiger partial charge in [0.25, 0.3) is 5.69 Å². The zero-order valence-electron chi connectivity index (χ0n) is 19.2. The van der Waals surface area contributed by atoms with Crippen LogP contribution < -0.4 is 0 Å². The summed E-state index contributed by atoms with van der Waals surface area (Å²) in [7, 11) is 0. The number of carbonyl (C=O) groups is 5. The largest absolute Gasteiger partial charge is 0.463 e. The van der Waals surface area contributed by atoms with Crippen LogP contribution in [0.2, 0.25) is 0 Å². The van der Waals surface area contributed by atoms with Gasteiger partial charge < -0.3 is 28.4 Å². The van der Waals surface area contributed by atoms with Gasteiger partial charge in [-0.15, -0.1) is 0 Å². The van der Waals surface area contributed by atoms with Crippen molar-refractivity contribution in [2.75, 3.05) is 6.61 Å². The Morgan fingerprint density at radius 1 is 0.800 bits per heavy atom.